The van der Waals surface area contributed by atoms with Crippen LogP contribution in [0.3, 0.4) is 0 Å². The van der Waals surface area contributed by atoms with Crippen molar-refractivity contribution >= 4 is 0 Å². The Morgan fingerprint density at radius 1 is 1.10 bits per heavy atom. The maximum Gasteiger partial charge on any atom is 0.0579 e. The zero-order valence-corrected chi connectivity index (χ0v) is 12.6. The fraction of sp³-hybridized carbons (Fsp3) is 0.368. The highest BCUT2D eigenvalue weighted by Crippen LogP contribution is 2.31. The molecule has 20 heavy (non-hydrogen) atoms. The molecule has 1 heteroatoms. The molecule has 2 aromatic rings. The van der Waals surface area contributed by atoms with Crippen molar-refractivity contribution in [3.63, 3.8) is 0 Å². The molecular formula is C19H23N. The third-order valence-electron chi connectivity index (χ3n) is 4.27. The average Bonchev–Trinajstić information content (AvgIpc) is 2.46. The van der Waals surface area contributed by atoms with Crippen LogP contribution in [0.25, 0.3) is 0 Å². The van der Waals surface area contributed by atoms with E-state index in [0.29, 0.717) is 12.0 Å². The van der Waals surface area contributed by atoms with Gasteiger partial charge in [-0.25, -0.2) is 0 Å². The highest BCUT2D eigenvalue weighted by atomic mass is 14.9. The average molecular weight is 265 g/mol. The summed E-state index contributed by atoms with van der Waals surface area (Å²) in [5.74, 6) is 0.584. The molecule has 0 aliphatic carbocycles. The molecule has 0 aromatic heterocycles. The third-order valence-corrected chi connectivity index (χ3v) is 4.27. The van der Waals surface area contributed by atoms with Gasteiger partial charge in [-0.2, -0.15) is 0 Å². The van der Waals surface area contributed by atoms with Gasteiger partial charge in [-0.05, 0) is 41.5 Å². The Labute approximate surface area is 122 Å². The van der Waals surface area contributed by atoms with E-state index in [9.17, 15) is 0 Å². The van der Waals surface area contributed by atoms with E-state index in [2.05, 4.69) is 68.6 Å². The minimum Gasteiger partial charge on any atom is -0.306 e. The zero-order valence-electron chi connectivity index (χ0n) is 12.6. The first kappa shape index (κ1) is 13.4. The molecule has 0 saturated carbocycles. The lowest BCUT2D eigenvalue weighted by Gasteiger charge is -2.28. The van der Waals surface area contributed by atoms with E-state index in [1.807, 2.05) is 0 Å². The molecule has 0 spiro atoms. The van der Waals surface area contributed by atoms with Crippen LogP contribution in [0.2, 0.25) is 0 Å². The maximum atomic E-state index is 3.68. The van der Waals surface area contributed by atoms with E-state index >= 15 is 0 Å². The van der Waals surface area contributed by atoms with Gasteiger partial charge in [0.25, 0.3) is 0 Å². The van der Waals surface area contributed by atoms with Gasteiger partial charge in [0.15, 0.2) is 0 Å². The van der Waals surface area contributed by atoms with E-state index in [1.54, 1.807) is 0 Å². The number of fused-ring (bicyclic) bond motifs is 1. The van der Waals surface area contributed by atoms with Crippen LogP contribution in [0.15, 0.2) is 42.5 Å². The first-order chi connectivity index (χ1) is 9.65. The summed E-state index contributed by atoms with van der Waals surface area (Å²) in [4.78, 5) is 0. The number of nitrogens with one attached hydrogen (secondary N) is 1. The van der Waals surface area contributed by atoms with Crippen molar-refractivity contribution in [1.82, 2.24) is 5.32 Å². The van der Waals surface area contributed by atoms with Crippen molar-refractivity contribution in [2.24, 2.45) is 0 Å². The van der Waals surface area contributed by atoms with Crippen molar-refractivity contribution in [2.45, 2.75) is 39.2 Å². The first-order valence-electron chi connectivity index (χ1n) is 7.58. The number of aryl methyl sites for hydroxylation is 1. The largest absolute Gasteiger partial charge is 0.306 e. The van der Waals surface area contributed by atoms with Crippen LogP contribution in [-0.4, -0.2) is 6.54 Å². The second-order valence-electron chi connectivity index (χ2n) is 6.16. The predicted molar refractivity (Wildman–Crippen MR) is 85.3 cm³/mol. The summed E-state index contributed by atoms with van der Waals surface area (Å²) >= 11 is 0. The second-order valence-corrected chi connectivity index (χ2v) is 6.16. The molecule has 104 valence electrons. The molecule has 0 saturated heterocycles. The minimum atomic E-state index is 0.345. The van der Waals surface area contributed by atoms with Gasteiger partial charge in [-0.15, -0.1) is 0 Å². The van der Waals surface area contributed by atoms with Gasteiger partial charge >= 0.3 is 0 Å². The van der Waals surface area contributed by atoms with Gasteiger partial charge in [-0.1, -0.05) is 61.9 Å². The number of hydrogen-bond donors (Lipinski definition) is 1. The third kappa shape index (κ3) is 2.51. The summed E-state index contributed by atoms with van der Waals surface area (Å²) < 4.78 is 0. The number of hydrogen-bond acceptors (Lipinski definition) is 1. The predicted octanol–water partition coefficient (Wildman–Crippen LogP) is 4.35. The van der Waals surface area contributed by atoms with Crippen LogP contribution in [0.5, 0.6) is 0 Å². The molecule has 0 radical (unpaired) electrons. The van der Waals surface area contributed by atoms with Crippen molar-refractivity contribution in [3.05, 3.63) is 70.3 Å². The van der Waals surface area contributed by atoms with Gasteiger partial charge in [0.2, 0.25) is 0 Å². The van der Waals surface area contributed by atoms with Crippen LogP contribution < -0.4 is 5.32 Å². The topological polar surface area (TPSA) is 12.0 Å². The minimum absolute atomic E-state index is 0.345. The Balaban J connectivity index is 2.06. The quantitative estimate of drug-likeness (QED) is 0.851. The van der Waals surface area contributed by atoms with Gasteiger partial charge < -0.3 is 5.32 Å². The van der Waals surface area contributed by atoms with Gasteiger partial charge in [0, 0.05) is 6.54 Å². The van der Waals surface area contributed by atoms with Crippen molar-refractivity contribution in [3.8, 4) is 0 Å². The number of rotatable bonds is 2. The van der Waals surface area contributed by atoms with Crippen LogP contribution in [0.4, 0.5) is 0 Å². The Morgan fingerprint density at radius 3 is 2.70 bits per heavy atom. The summed E-state index contributed by atoms with van der Waals surface area (Å²) in [7, 11) is 0. The molecule has 1 N–H and O–H groups in total. The molecule has 1 unspecified atom stereocenters. The van der Waals surface area contributed by atoms with Crippen LogP contribution in [0.1, 0.15) is 53.6 Å². The van der Waals surface area contributed by atoms with E-state index in [4.69, 9.17) is 0 Å². The van der Waals surface area contributed by atoms with Crippen molar-refractivity contribution < 1.29 is 0 Å². The standard InChI is InChI=1S/C19H23N/c1-13(2)16-8-7-15-9-10-20-19(18(15)12-16)17-6-4-5-14(3)11-17/h4-8,11-13,19-20H,9-10H2,1-3H3. The Kier molecular flexibility index (Phi) is 3.62. The summed E-state index contributed by atoms with van der Waals surface area (Å²) in [6.45, 7) is 7.75. The fourth-order valence-electron chi connectivity index (χ4n) is 3.08. The molecule has 0 fully saturated rings. The first-order valence-corrected chi connectivity index (χ1v) is 7.58. The Morgan fingerprint density at radius 2 is 1.95 bits per heavy atom. The molecular weight excluding hydrogens is 242 g/mol. The normalized spacial score (nSPS) is 18.1. The van der Waals surface area contributed by atoms with Gasteiger partial charge in [0.1, 0.15) is 0 Å². The van der Waals surface area contributed by atoms with E-state index < -0.39 is 0 Å². The van der Waals surface area contributed by atoms with E-state index in [1.165, 1.54) is 27.8 Å². The molecule has 3 rings (SSSR count). The lowest BCUT2D eigenvalue weighted by Crippen LogP contribution is -2.30. The second kappa shape index (κ2) is 5.41. The molecule has 1 nitrogen and oxygen atoms in total. The Hall–Kier alpha value is -1.60. The van der Waals surface area contributed by atoms with E-state index in [0.717, 1.165) is 13.0 Å². The van der Waals surface area contributed by atoms with Gasteiger partial charge in [0.05, 0.1) is 6.04 Å². The van der Waals surface area contributed by atoms with Crippen LogP contribution >= 0.6 is 0 Å². The fourth-order valence-corrected chi connectivity index (χ4v) is 3.08. The van der Waals surface area contributed by atoms with E-state index in [-0.39, 0.29) is 0 Å². The lowest BCUT2D eigenvalue weighted by molar-refractivity contribution is 0.566. The lowest BCUT2D eigenvalue weighted by atomic mass is 9.86. The summed E-state index contributed by atoms with van der Waals surface area (Å²) in [5.41, 5.74) is 7.11. The molecule has 2 aromatic carbocycles. The monoisotopic (exact) mass is 265 g/mol. The summed E-state index contributed by atoms with van der Waals surface area (Å²) in [6, 6.07) is 16.2. The van der Waals surface area contributed by atoms with Crippen LogP contribution in [0, 0.1) is 6.92 Å². The highest BCUT2D eigenvalue weighted by Gasteiger charge is 2.21. The maximum absolute atomic E-state index is 3.68. The smallest absolute Gasteiger partial charge is 0.0579 e. The Bertz CT molecular complexity index is 613. The summed E-state index contributed by atoms with van der Waals surface area (Å²) in [5, 5.41) is 3.68. The SMILES string of the molecule is Cc1cccc(C2NCCc3ccc(C(C)C)cc32)c1. The zero-order chi connectivity index (χ0) is 14.1. The van der Waals surface area contributed by atoms with Gasteiger partial charge in [-0.3, -0.25) is 0 Å². The van der Waals surface area contributed by atoms with Crippen molar-refractivity contribution in [2.75, 3.05) is 6.54 Å². The molecule has 1 heterocycles. The molecule has 0 amide bonds. The molecule has 1 atom stereocenters. The molecule has 1 aliphatic rings. The molecule has 0 bridgehead atoms. The molecule has 1 aliphatic heterocycles. The van der Waals surface area contributed by atoms with Crippen molar-refractivity contribution in [1.29, 1.82) is 0 Å². The van der Waals surface area contributed by atoms with Crippen LogP contribution in [-0.2, 0) is 6.42 Å². The number of benzene rings is 2. The highest BCUT2D eigenvalue weighted by molar-refractivity contribution is 5.43. The summed E-state index contributed by atoms with van der Waals surface area (Å²) in [6.07, 6.45) is 1.13.